The van der Waals surface area contributed by atoms with Gasteiger partial charge in [0, 0.05) is 31.1 Å². The molecule has 0 saturated carbocycles. The van der Waals surface area contributed by atoms with Crippen LogP contribution in [0.25, 0.3) is 0 Å². The molecule has 0 radical (unpaired) electrons. The van der Waals surface area contributed by atoms with Crippen LogP contribution in [0.3, 0.4) is 0 Å². The lowest BCUT2D eigenvalue weighted by Gasteiger charge is -2.17. The van der Waals surface area contributed by atoms with Crippen molar-refractivity contribution in [3.05, 3.63) is 66.4 Å². The fraction of sp³-hybridized carbons (Fsp3) is 0.190. The molecular formula is C21H17F3N6O3. The number of pyridine rings is 1. The Kier molecular flexibility index (Phi) is 6.07. The van der Waals surface area contributed by atoms with Crippen molar-refractivity contribution in [2.45, 2.75) is 18.6 Å². The molecule has 1 aliphatic rings. The molecule has 170 valence electrons. The smallest absolute Gasteiger partial charge is 0.417 e. The highest BCUT2D eigenvalue weighted by Crippen LogP contribution is 2.33. The monoisotopic (exact) mass is 458 g/mol. The van der Waals surface area contributed by atoms with Crippen LogP contribution in [0.5, 0.6) is 11.6 Å². The van der Waals surface area contributed by atoms with E-state index in [4.69, 9.17) is 4.74 Å². The first kappa shape index (κ1) is 22.0. The average molecular weight is 458 g/mol. The molecule has 3 aromatic rings. The van der Waals surface area contributed by atoms with E-state index >= 15 is 0 Å². The number of hydrogen-bond donors (Lipinski definition) is 3. The van der Waals surface area contributed by atoms with E-state index in [0.29, 0.717) is 30.5 Å². The van der Waals surface area contributed by atoms with Crippen molar-refractivity contribution in [2.75, 3.05) is 17.2 Å². The van der Waals surface area contributed by atoms with Gasteiger partial charge in [0.2, 0.25) is 11.8 Å². The van der Waals surface area contributed by atoms with Gasteiger partial charge in [-0.1, -0.05) is 0 Å². The Balaban J connectivity index is 1.58. The highest BCUT2D eigenvalue weighted by atomic mass is 19.4. The van der Waals surface area contributed by atoms with Gasteiger partial charge in [-0.3, -0.25) is 9.59 Å². The molecule has 1 fully saturated rings. The molecule has 0 bridgehead atoms. The Hall–Kier alpha value is -4.22. The summed E-state index contributed by atoms with van der Waals surface area (Å²) in [6.45, 7) is 0.505. The fourth-order valence-electron chi connectivity index (χ4n) is 3.08. The van der Waals surface area contributed by atoms with Crippen molar-refractivity contribution in [1.29, 1.82) is 0 Å². The molecular weight excluding hydrogens is 441 g/mol. The second-order valence-corrected chi connectivity index (χ2v) is 7.02. The summed E-state index contributed by atoms with van der Waals surface area (Å²) < 4.78 is 43.8. The largest absolute Gasteiger partial charge is 0.439 e. The van der Waals surface area contributed by atoms with E-state index in [1.165, 1.54) is 36.8 Å². The lowest BCUT2D eigenvalue weighted by Crippen LogP contribution is -2.30. The number of benzene rings is 1. The maximum atomic E-state index is 12.7. The predicted octanol–water partition coefficient (Wildman–Crippen LogP) is 3.24. The number of carbonyl (C=O) groups excluding carboxylic acids is 2. The summed E-state index contributed by atoms with van der Waals surface area (Å²) in [5.74, 6) is -0.498. The molecule has 0 spiro atoms. The van der Waals surface area contributed by atoms with E-state index in [-0.39, 0.29) is 23.2 Å². The zero-order chi connectivity index (χ0) is 23.4. The van der Waals surface area contributed by atoms with Crippen LogP contribution in [0.1, 0.15) is 22.5 Å². The Bertz CT molecular complexity index is 1160. The molecule has 2 amide bonds. The van der Waals surface area contributed by atoms with Crippen LogP contribution >= 0.6 is 0 Å². The van der Waals surface area contributed by atoms with E-state index in [9.17, 15) is 22.8 Å². The first-order valence-corrected chi connectivity index (χ1v) is 9.76. The summed E-state index contributed by atoms with van der Waals surface area (Å²) in [5.41, 5.74) is -0.0222. The summed E-state index contributed by atoms with van der Waals surface area (Å²) in [6.07, 6.45) is -0.631. The summed E-state index contributed by atoms with van der Waals surface area (Å²) >= 11 is 0. The molecule has 3 heterocycles. The van der Waals surface area contributed by atoms with Crippen LogP contribution < -0.4 is 20.7 Å². The minimum absolute atomic E-state index is 0.0506. The van der Waals surface area contributed by atoms with Crippen LogP contribution in [-0.4, -0.2) is 39.4 Å². The molecule has 12 heteroatoms. The molecule has 3 N–H and O–H groups in total. The summed E-state index contributed by atoms with van der Waals surface area (Å²) in [6, 6.07) is 7.44. The van der Waals surface area contributed by atoms with E-state index in [2.05, 4.69) is 30.9 Å². The number of nitrogens with zero attached hydrogens (tertiary/aromatic N) is 3. The number of hydrogen-bond acceptors (Lipinski definition) is 7. The lowest BCUT2D eigenvalue weighted by molar-refractivity contribution is -0.137. The van der Waals surface area contributed by atoms with Crippen LogP contribution in [0.15, 0.2) is 55.1 Å². The molecule has 9 nitrogen and oxygen atoms in total. The van der Waals surface area contributed by atoms with Crippen molar-refractivity contribution in [3.63, 3.8) is 0 Å². The van der Waals surface area contributed by atoms with Gasteiger partial charge in [-0.05, 0) is 30.7 Å². The van der Waals surface area contributed by atoms with Crippen molar-refractivity contribution >= 4 is 23.2 Å². The second-order valence-electron chi connectivity index (χ2n) is 7.02. The maximum absolute atomic E-state index is 12.7. The van der Waals surface area contributed by atoms with Crippen LogP contribution in [0.4, 0.5) is 24.5 Å². The Morgan fingerprint density at radius 2 is 1.97 bits per heavy atom. The molecule has 4 rings (SSSR count). The lowest BCUT2D eigenvalue weighted by atomic mass is 10.2. The minimum atomic E-state index is -4.51. The number of ether oxygens (including phenoxy) is 1. The molecule has 0 unspecified atom stereocenters. The zero-order valence-corrected chi connectivity index (χ0v) is 16.9. The summed E-state index contributed by atoms with van der Waals surface area (Å²) in [4.78, 5) is 35.9. The van der Waals surface area contributed by atoms with Crippen LogP contribution in [0, 0.1) is 0 Å². The minimum Gasteiger partial charge on any atom is -0.439 e. The Morgan fingerprint density at radius 3 is 2.61 bits per heavy atom. The van der Waals surface area contributed by atoms with Crippen LogP contribution in [0.2, 0.25) is 0 Å². The number of aromatic nitrogens is 3. The van der Waals surface area contributed by atoms with Gasteiger partial charge in [0.15, 0.2) is 0 Å². The average Bonchev–Trinajstić information content (AvgIpc) is 3.20. The SMILES string of the molecule is O=C(Nc1ccc(Oc2ccc(C(F)(F)F)cn2)cc1N[C@@H]1CCNC1=O)c1ccncn1. The number of halogens is 3. The number of anilines is 2. The molecule has 2 aromatic heterocycles. The number of carbonyl (C=O) groups is 2. The number of nitrogens with one attached hydrogen (secondary N) is 3. The standard InChI is InChI=1S/C21H17F3N6O3/c22-21(23,24)12-1-4-18(27-10-12)33-13-2-3-14(30-20(32)15-5-7-25-11-28-15)17(9-13)29-16-6-8-26-19(16)31/h1-5,7,9-11,16,29H,6,8H2,(H,26,31)(H,30,32)/t16-/m1/s1. The number of alkyl halides is 3. The second kappa shape index (κ2) is 9.10. The fourth-order valence-corrected chi connectivity index (χ4v) is 3.08. The van der Waals surface area contributed by atoms with Crippen molar-refractivity contribution < 1.29 is 27.5 Å². The summed E-state index contributed by atoms with van der Waals surface area (Å²) in [7, 11) is 0. The first-order valence-electron chi connectivity index (χ1n) is 9.76. The first-order chi connectivity index (χ1) is 15.8. The summed E-state index contributed by atoms with van der Waals surface area (Å²) in [5, 5.41) is 8.48. The molecule has 1 aromatic carbocycles. The third kappa shape index (κ3) is 5.34. The van der Waals surface area contributed by atoms with Gasteiger partial charge in [0.05, 0.1) is 16.9 Å². The highest BCUT2D eigenvalue weighted by Gasteiger charge is 2.31. The van der Waals surface area contributed by atoms with Gasteiger partial charge in [-0.15, -0.1) is 0 Å². The maximum Gasteiger partial charge on any atom is 0.417 e. The normalized spacial score (nSPS) is 15.6. The van der Waals surface area contributed by atoms with E-state index in [1.807, 2.05) is 0 Å². The van der Waals surface area contributed by atoms with E-state index in [1.54, 1.807) is 0 Å². The topological polar surface area (TPSA) is 118 Å². The molecule has 1 aliphatic heterocycles. The van der Waals surface area contributed by atoms with E-state index < -0.39 is 23.7 Å². The zero-order valence-electron chi connectivity index (χ0n) is 16.9. The third-order valence-corrected chi connectivity index (χ3v) is 4.72. The molecule has 1 atom stereocenters. The van der Waals surface area contributed by atoms with Gasteiger partial charge in [-0.25, -0.2) is 15.0 Å². The number of rotatable bonds is 6. The quantitative estimate of drug-likeness (QED) is 0.519. The van der Waals surface area contributed by atoms with Gasteiger partial charge >= 0.3 is 6.18 Å². The molecule has 0 aliphatic carbocycles. The highest BCUT2D eigenvalue weighted by molar-refractivity contribution is 6.05. The van der Waals surface area contributed by atoms with Crippen LogP contribution in [-0.2, 0) is 11.0 Å². The van der Waals surface area contributed by atoms with Gasteiger partial charge < -0.3 is 20.7 Å². The van der Waals surface area contributed by atoms with Crippen molar-refractivity contribution in [2.24, 2.45) is 0 Å². The van der Waals surface area contributed by atoms with Gasteiger partial charge in [0.25, 0.3) is 5.91 Å². The van der Waals surface area contributed by atoms with Gasteiger partial charge in [-0.2, -0.15) is 13.2 Å². The van der Waals surface area contributed by atoms with E-state index in [0.717, 1.165) is 12.1 Å². The van der Waals surface area contributed by atoms with Gasteiger partial charge in [0.1, 0.15) is 23.8 Å². The third-order valence-electron chi connectivity index (χ3n) is 4.72. The molecule has 33 heavy (non-hydrogen) atoms. The Morgan fingerprint density at radius 1 is 1.12 bits per heavy atom. The number of amides is 2. The predicted molar refractivity (Wildman–Crippen MR) is 111 cm³/mol. The van der Waals surface area contributed by atoms with Crippen molar-refractivity contribution in [3.8, 4) is 11.6 Å². The Labute approximate surface area is 185 Å². The van der Waals surface area contributed by atoms with Crippen molar-refractivity contribution in [1.82, 2.24) is 20.3 Å². The molecule has 1 saturated heterocycles.